The van der Waals surface area contributed by atoms with Crippen molar-refractivity contribution in [3.05, 3.63) is 54.1 Å². The molecule has 248 valence electrons. The minimum Gasteiger partial charge on any atom is -0.490 e. The second-order valence-electron chi connectivity index (χ2n) is 13.2. The number of nitrogens with zero attached hydrogens (tertiary/aromatic N) is 2. The van der Waals surface area contributed by atoms with Gasteiger partial charge in [0.25, 0.3) is 5.91 Å². The molecule has 0 radical (unpaired) electrons. The van der Waals surface area contributed by atoms with Crippen molar-refractivity contribution < 1.29 is 24.2 Å². The van der Waals surface area contributed by atoms with Crippen LogP contribution in [0.3, 0.4) is 0 Å². The Morgan fingerprint density at radius 1 is 0.978 bits per heavy atom. The van der Waals surface area contributed by atoms with Crippen molar-refractivity contribution in [1.82, 2.24) is 9.80 Å². The molecule has 3 N–H and O–H groups in total. The van der Waals surface area contributed by atoms with Crippen LogP contribution in [0.1, 0.15) is 82.5 Å². The summed E-state index contributed by atoms with van der Waals surface area (Å²) >= 11 is 0. The summed E-state index contributed by atoms with van der Waals surface area (Å²) in [6.07, 6.45) is 9.15. The number of carbonyl (C=O) groups is 2. The maximum absolute atomic E-state index is 14.3. The van der Waals surface area contributed by atoms with Crippen LogP contribution in [-0.4, -0.2) is 85.0 Å². The van der Waals surface area contributed by atoms with Gasteiger partial charge in [0.2, 0.25) is 0 Å². The molecule has 4 rings (SSSR count). The summed E-state index contributed by atoms with van der Waals surface area (Å²) in [6.45, 7) is 8.79. The fourth-order valence-electron chi connectivity index (χ4n) is 6.47. The van der Waals surface area contributed by atoms with Gasteiger partial charge in [0.1, 0.15) is 5.75 Å². The van der Waals surface area contributed by atoms with Gasteiger partial charge >= 0.3 is 6.03 Å². The number of likely N-dealkylation sites (N-methyl/N-ethyl adjacent to an activating group) is 1. The topological polar surface area (TPSA) is 103 Å². The number of carbonyl (C=O) groups excluding carboxylic acids is 2. The van der Waals surface area contributed by atoms with E-state index in [9.17, 15) is 14.7 Å². The smallest absolute Gasteiger partial charge is 0.323 e. The summed E-state index contributed by atoms with van der Waals surface area (Å²) in [6, 6.07) is 13.5. The maximum Gasteiger partial charge on any atom is 0.323 e. The molecule has 1 aliphatic heterocycles. The van der Waals surface area contributed by atoms with Crippen LogP contribution in [0.2, 0.25) is 0 Å². The van der Waals surface area contributed by atoms with Gasteiger partial charge in [-0.15, -0.1) is 0 Å². The molecule has 9 nitrogen and oxygen atoms in total. The third-order valence-electron chi connectivity index (χ3n) is 9.13. The third-order valence-corrected chi connectivity index (χ3v) is 9.13. The summed E-state index contributed by atoms with van der Waals surface area (Å²) in [5.74, 6) is 0.993. The van der Waals surface area contributed by atoms with Gasteiger partial charge in [0.15, 0.2) is 0 Å². The molecular formula is C36H54N4O5. The van der Waals surface area contributed by atoms with Crippen molar-refractivity contribution in [2.75, 3.05) is 50.5 Å². The third kappa shape index (κ3) is 10.7. The number of fused-ring (bicyclic) bond motifs is 1. The number of aliphatic hydroxyl groups is 1. The molecular weight excluding hydrogens is 568 g/mol. The van der Waals surface area contributed by atoms with Crippen LogP contribution in [-0.2, 0) is 4.74 Å². The highest BCUT2D eigenvalue weighted by molar-refractivity contribution is 6.02. The van der Waals surface area contributed by atoms with Gasteiger partial charge in [-0.3, -0.25) is 4.79 Å². The van der Waals surface area contributed by atoms with Gasteiger partial charge in [-0.25, -0.2) is 4.79 Å². The van der Waals surface area contributed by atoms with Gasteiger partial charge in [0.05, 0.1) is 30.4 Å². The lowest BCUT2D eigenvalue weighted by Gasteiger charge is -2.36. The fraction of sp³-hybridized carbons (Fsp3) is 0.611. The zero-order valence-electron chi connectivity index (χ0n) is 27.7. The molecule has 45 heavy (non-hydrogen) atoms. The van der Waals surface area contributed by atoms with Crippen molar-refractivity contribution >= 4 is 23.3 Å². The lowest BCUT2D eigenvalue weighted by atomic mass is 9.89. The van der Waals surface area contributed by atoms with Crippen LogP contribution >= 0.6 is 0 Å². The van der Waals surface area contributed by atoms with Crippen LogP contribution in [0.4, 0.5) is 16.2 Å². The van der Waals surface area contributed by atoms with Crippen LogP contribution in [0.25, 0.3) is 0 Å². The predicted octanol–water partition coefficient (Wildman–Crippen LogP) is 6.64. The van der Waals surface area contributed by atoms with Crippen molar-refractivity contribution in [3.8, 4) is 5.75 Å². The van der Waals surface area contributed by atoms with Crippen molar-refractivity contribution in [3.63, 3.8) is 0 Å². The van der Waals surface area contributed by atoms with Gasteiger partial charge in [0, 0.05) is 43.5 Å². The molecule has 0 saturated heterocycles. The fourth-order valence-corrected chi connectivity index (χ4v) is 6.47. The molecule has 1 aliphatic carbocycles. The van der Waals surface area contributed by atoms with E-state index < -0.39 is 12.1 Å². The number of hydrogen-bond acceptors (Lipinski definition) is 6. The van der Waals surface area contributed by atoms with E-state index in [1.807, 2.05) is 44.2 Å². The first-order valence-corrected chi connectivity index (χ1v) is 16.9. The molecule has 3 amide bonds. The zero-order chi connectivity index (χ0) is 32.2. The monoisotopic (exact) mass is 622 g/mol. The average Bonchev–Trinajstić information content (AvgIpc) is 3.03. The summed E-state index contributed by atoms with van der Waals surface area (Å²) in [7, 11) is 2.19. The molecule has 4 atom stereocenters. The quantitative estimate of drug-likeness (QED) is 0.305. The molecule has 1 heterocycles. The Balaban J connectivity index is 1.56. The van der Waals surface area contributed by atoms with Gasteiger partial charge < -0.3 is 35.0 Å². The van der Waals surface area contributed by atoms with E-state index in [1.54, 1.807) is 23.1 Å². The number of hydrogen-bond donors (Lipinski definition) is 3. The summed E-state index contributed by atoms with van der Waals surface area (Å²) < 4.78 is 12.9. The first kappa shape index (κ1) is 34.7. The molecule has 0 aromatic heterocycles. The number of nitrogens with one attached hydrogen (secondary N) is 2. The van der Waals surface area contributed by atoms with Crippen LogP contribution in [0.15, 0.2) is 48.5 Å². The van der Waals surface area contributed by atoms with E-state index in [2.05, 4.69) is 29.5 Å². The summed E-state index contributed by atoms with van der Waals surface area (Å²) in [4.78, 5) is 31.2. The first-order valence-electron chi connectivity index (χ1n) is 16.9. The molecule has 1 saturated carbocycles. The number of aliphatic hydroxyl groups excluding tert-OH is 1. The lowest BCUT2D eigenvalue weighted by molar-refractivity contribution is -0.0190. The second-order valence-corrected chi connectivity index (χ2v) is 13.2. The molecule has 2 aromatic carbocycles. The molecule has 9 heteroatoms. The molecule has 0 bridgehead atoms. The van der Waals surface area contributed by atoms with E-state index in [0.717, 1.165) is 38.3 Å². The number of para-hydroxylation sites is 1. The number of rotatable bonds is 8. The summed E-state index contributed by atoms with van der Waals surface area (Å²) in [5, 5.41) is 15.9. The van der Waals surface area contributed by atoms with E-state index >= 15 is 0 Å². The lowest BCUT2D eigenvalue weighted by Crippen LogP contribution is -2.47. The number of amides is 3. The van der Waals surface area contributed by atoms with Gasteiger partial charge in [-0.1, -0.05) is 44.4 Å². The van der Waals surface area contributed by atoms with E-state index in [0.29, 0.717) is 35.8 Å². The molecule has 0 unspecified atom stereocenters. The Morgan fingerprint density at radius 3 is 2.42 bits per heavy atom. The number of anilines is 2. The predicted molar refractivity (Wildman–Crippen MR) is 180 cm³/mol. The highest BCUT2D eigenvalue weighted by atomic mass is 16.5. The van der Waals surface area contributed by atoms with E-state index in [1.165, 1.54) is 32.1 Å². The minimum atomic E-state index is -0.420. The minimum absolute atomic E-state index is 0.0287. The van der Waals surface area contributed by atoms with Crippen molar-refractivity contribution in [2.24, 2.45) is 11.8 Å². The average molecular weight is 623 g/mol. The number of urea groups is 1. The zero-order valence-corrected chi connectivity index (χ0v) is 27.7. The highest BCUT2D eigenvalue weighted by Crippen LogP contribution is 2.29. The Kier molecular flexibility index (Phi) is 13.5. The standard InChI is InChI=1S/C36H54N4O5/c1-26-22-40(27(2)25-41)35(42)32-21-31(38-36(43)37-30-16-9-6-10-17-30)18-19-33(32)45-28(3)13-11-12-20-44-34(26)24-39(4)23-29-14-7-5-8-15-29/h6,9-10,16-19,21,26-29,34,41H,5,7-8,11-15,20,22-25H2,1-4H3,(H2,37,38,43)/t26-,27-,28-,34-/m1/s1. The van der Waals surface area contributed by atoms with Crippen LogP contribution < -0.4 is 15.4 Å². The first-order chi connectivity index (χ1) is 21.7. The van der Waals surface area contributed by atoms with Gasteiger partial charge in [-0.2, -0.15) is 0 Å². The Hall–Kier alpha value is -3.14. The number of benzene rings is 2. The highest BCUT2D eigenvalue weighted by Gasteiger charge is 2.31. The largest absolute Gasteiger partial charge is 0.490 e. The molecule has 2 aromatic rings. The summed E-state index contributed by atoms with van der Waals surface area (Å²) in [5.41, 5.74) is 1.50. The van der Waals surface area contributed by atoms with Crippen molar-refractivity contribution in [1.29, 1.82) is 0 Å². The van der Waals surface area contributed by atoms with Gasteiger partial charge in [-0.05, 0) is 89.2 Å². The number of ether oxygens (including phenoxy) is 2. The second kappa shape index (κ2) is 17.5. The van der Waals surface area contributed by atoms with Crippen LogP contribution in [0.5, 0.6) is 5.75 Å². The van der Waals surface area contributed by atoms with E-state index in [4.69, 9.17) is 9.47 Å². The van der Waals surface area contributed by atoms with Crippen molar-refractivity contribution in [2.45, 2.75) is 90.4 Å². The van der Waals surface area contributed by atoms with Crippen LogP contribution in [0, 0.1) is 11.8 Å². The SMILES string of the molecule is C[C@@H]1CCCCO[C@H](CN(C)CC2CCCCC2)[C@H](C)CN([C@H](C)CO)C(=O)c2cc(NC(=O)Nc3ccccc3)ccc2O1. The Labute approximate surface area is 269 Å². The Bertz CT molecular complexity index is 1210. The maximum atomic E-state index is 14.3. The Morgan fingerprint density at radius 2 is 1.69 bits per heavy atom. The normalized spacial score (nSPS) is 23.0. The van der Waals surface area contributed by atoms with E-state index in [-0.39, 0.29) is 30.6 Å². The molecule has 2 aliphatic rings. The molecule has 0 spiro atoms. The molecule has 1 fully saturated rings.